The number of rotatable bonds is 2. The molecule has 106 valence electrons. The summed E-state index contributed by atoms with van der Waals surface area (Å²) in [5, 5.41) is 0. The number of fused-ring (bicyclic) bond motifs is 1. The molecule has 6 nitrogen and oxygen atoms in total. The van der Waals surface area contributed by atoms with Crippen LogP contribution in [-0.2, 0) is 14.6 Å². The van der Waals surface area contributed by atoms with Gasteiger partial charge in [-0.3, -0.25) is 0 Å². The molecule has 1 aliphatic rings. The number of carbonyl (C=O) groups is 1. The molecule has 1 unspecified atom stereocenters. The number of carbonyl (C=O) groups excluding carboxylic acids is 1. The van der Waals surface area contributed by atoms with E-state index >= 15 is 0 Å². The Bertz CT molecular complexity index is 779. The van der Waals surface area contributed by atoms with Crippen LogP contribution in [0, 0.1) is 0 Å². The smallest absolute Gasteiger partial charge is 0.341 e. The summed E-state index contributed by atoms with van der Waals surface area (Å²) < 4.78 is 29.5. The molecular weight excluding hydrogens is 280 g/mol. The van der Waals surface area contributed by atoms with E-state index in [0.717, 1.165) is 0 Å². The standard InChI is InChI=1S/C13H14N2O4S/c1-19-13(16)10-3-2-5-15-7-11(14-12(10)15)9-4-6-20(17,18)8-9/h2-3,5,7,9H,4,6,8H2,1H3. The summed E-state index contributed by atoms with van der Waals surface area (Å²) in [6.45, 7) is 0. The minimum Gasteiger partial charge on any atom is -0.465 e. The molecule has 2 aromatic rings. The number of esters is 1. The Hall–Kier alpha value is -1.89. The highest BCUT2D eigenvalue weighted by molar-refractivity contribution is 7.91. The summed E-state index contributed by atoms with van der Waals surface area (Å²) in [5.74, 6) is -0.211. The number of nitrogens with zero attached hydrogens (tertiary/aromatic N) is 2. The predicted octanol–water partition coefficient (Wildman–Crippen LogP) is 1.02. The van der Waals surface area contributed by atoms with Gasteiger partial charge in [-0.2, -0.15) is 0 Å². The van der Waals surface area contributed by atoms with Crippen LogP contribution in [0.4, 0.5) is 0 Å². The van der Waals surface area contributed by atoms with E-state index in [1.54, 1.807) is 28.9 Å². The first-order chi connectivity index (χ1) is 9.50. The van der Waals surface area contributed by atoms with E-state index in [-0.39, 0.29) is 17.4 Å². The fourth-order valence-corrected chi connectivity index (χ4v) is 4.29. The van der Waals surface area contributed by atoms with Gasteiger partial charge in [0.2, 0.25) is 0 Å². The average molecular weight is 294 g/mol. The third kappa shape index (κ3) is 2.18. The highest BCUT2D eigenvalue weighted by atomic mass is 32.2. The van der Waals surface area contributed by atoms with E-state index in [0.29, 0.717) is 23.3 Å². The molecule has 1 aliphatic heterocycles. The van der Waals surface area contributed by atoms with Gasteiger partial charge < -0.3 is 9.14 Å². The first-order valence-electron chi connectivity index (χ1n) is 6.26. The molecule has 7 heteroatoms. The van der Waals surface area contributed by atoms with Crippen LogP contribution in [0.5, 0.6) is 0 Å². The first kappa shape index (κ1) is 13.1. The van der Waals surface area contributed by atoms with Crippen molar-refractivity contribution in [1.29, 1.82) is 0 Å². The number of pyridine rings is 1. The molecule has 3 rings (SSSR count). The van der Waals surface area contributed by atoms with Crippen molar-refractivity contribution in [1.82, 2.24) is 9.38 Å². The van der Waals surface area contributed by atoms with Gasteiger partial charge in [-0.05, 0) is 18.6 Å². The second kappa shape index (κ2) is 4.59. The Morgan fingerprint density at radius 3 is 2.95 bits per heavy atom. The lowest BCUT2D eigenvalue weighted by Gasteiger charge is -2.01. The number of hydrogen-bond donors (Lipinski definition) is 0. The Kier molecular flexibility index (Phi) is 3.01. The number of methoxy groups -OCH3 is 1. The van der Waals surface area contributed by atoms with Gasteiger partial charge in [0, 0.05) is 18.3 Å². The van der Waals surface area contributed by atoms with Gasteiger partial charge in [0.25, 0.3) is 0 Å². The van der Waals surface area contributed by atoms with Gasteiger partial charge in [0.1, 0.15) is 5.56 Å². The van der Waals surface area contributed by atoms with Gasteiger partial charge in [-0.15, -0.1) is 0 Å². The fraction of sp³-hybridized carbons (Fsp3) is 0.385. The van der Waals surface area contributed by atoms with Crippen molar-refractivity contribution >= 4 is 21.5 Å². The molecule has 0 saturated carbocycles. The molecule has 0 N–H and O–H groups in total. The van der Waals surface area contributed by atoms with Crippen molar-refractivity contribution in [3.8, 4) is 0 Å². The van der Waals surface area contributed by atoms with Gasteiger partial charge in [-0.25, -0.2) is 18.2 Å². The Labute approximate surface area is 116 Å². The molecule has 1 saturated heterocycles. The van der Waals surface area contributed by atoms with Crippen LogP contribution >= 0.6 is 0 Å². The number of hydrogen-bond acceptors (Lipinski definition) is 5. The molecule has 0 amide bonds. The molecule has 3 heterocycles. The molecule has 0 bridgehead atoms. The topological polar surface area (TPSA) is 77.7 Å². The number of sulfone groups is 1. The molecular formula is C13H14N2O4S. The summed E-state index contributed by atoms with van der Waals surface area (Å²) >= 11 is 0. The maximum Gasteiger partial charge on any atom is 0.341 e. The monoisotopic (exact) mass is 294 g/mol. The minimum atomic E-state index is -2.95. The van der Waals surface area contributed by atoms with E-state index in [1.807, 2.05) is 0 Å². The summed E-state index contributed by atoms with van der Waals surface area (Å²) in [7, 11) is -1.63. The lowest BCUT2D eigenvalue weighted by Crippen LogP contribution is -2.04. The molecule has 1 fully saturated rings. The second-order valence-electron chi connectivity index (χ2n) is 4.91. The maximum absolute atomic E-state index is 11.7. The lowest BCUT2D eigenvalue weighted by molar-refractivity contribution is 0.0602. The summed E-state index contributed by atoms with van der Waals surface area (Å²) in [4.78, 5) is 16.1. The predicted molar refractivity (Wildman–Crippen MR) is 72.5 cm³/mol. The SMILES string of the molecule is COC(=O)c1cccn2cc(C3CCS(=O)(=O)C3)nc12. The van der Waals surface area contributed by atoms with Crippen molar-refractivity contribution in [2.24, 2.45) is 0 Å². The van der Waals surface area contributed by atoms with Crippen LogP contribution in [-0.4, -0.2) is 42.4 Å². The van der Waals surface area contributed by atoms with Crippen molar-refractivity contribution in [2.45, 2.75) is 12.3 Å². The number of ether oxygens (including phenoxy) is 1. The van der Waals surface area contributed by atoms with Crippen LogP contribution in [0.1, 0.15) is 28.4 Å². The first-order valence-corrected chi connectivity index (χ1v) is 8.08. The lowest BCUT2D eigenvalue weighted by atomic mass is 10.1. The zero-order valence-corrected chi connectivity index (χ0v) is 11.8. The largest absolute Gasteiger partial charge is 0.465 e. The maximum atomic E-state index is 11.7. The molecule has 0 aliphatic carbocycles. The number of imidazole rings is 1. The molecule has 1 atom stereocenters. The fourth-order valence-electron chi connectivity index (χ4n) is 2.53. The van der Waals surface area contributed by atoms with E-state index in [2.05, 4.69) is 4.98 Å². The third-order valence-corrected chi connectivity index (χ3v) is 5.33. The molecule has 0 spiro atoms. The highest BCUT2D eigenvalue weighted by Crippen LogP contribution is 2.28. The molecule has 2 aromatic heterocycles. The van der Waals surface area contributed by atoms with E-state index in [9.17, 15) is 13.2 Å². The van der Waals surface area contributed by atoms with E-state index in [1.165, 1.54) is 7.11 Å². The third-order valence-electron chi connectivity index (χ3n) is 3.56. The average Bonchev–Trinajstić information content (AvgIpc) is 3.00. The van der Waals surface area contributed by atoms with Gasteiger partial charge in [-0.1, -0.05) is 0 Å². The summed E-state index contributed by atoms with van der Waals surface area (Å²) in [6.07, 6.45) is 4.15. The molecule has 0 radical (unpaired) electrons. The van der Waals surface area contributed by atoms with Crippen LogP contribution in [0.2, 0.25) is 0 Å². The van der Waals surface area contributed by atoms with Crippen LogP contribution in [0.15, 0.2) is 24.5 Å². The Morgan fingerprint density at radius 2 is 2.30 bits per heavy atom. The van der Waals surface area contributed by atoms with Crippen molar-refractivity contribution < 1.29 is 17.9 Å². The molecule has 0 aromatic carbocycles. The normalized spacial score (nSPS) is 21.1. The Balaban J connectivity index is 2.05. The summed E-state index contributed by atoms with van der Waals surface area (Å²) in [5.41, 5.74) is 1.59. The van der Waals surface area contributed by atoms with Crippen molar-refractivity contribution in [2.75, 3.05) is 18.6 Å². The van der Waals surface area contributed by atoms with Crippen LogP contribution in [0.25, 0.3) is 5.65 Å². The van der Waals surface area contributed by atoms with E-state index < -0.39 is 15.8 Å². The number of aromatic nitrogens is 2. The second-order valence-corrected chi connectivity index (χ2v) is 7.14. The Morgan fingerprint density at radius 1 is 1.50 bits per heavy atom. The summed E-state index contributed by atoms with van der Waals surface area (Å²) in [6, 6.07) is 3.37. The van der Waals surface area contributed by atoms with Crippen LogP contribution < -0.4 is 0 Å². The highest BCUT2D eigenvalue weighted by Gasteiger charge is 2.31. The van der Waals surface area contributed by atoms with Gasteiger partial charge in [0.05, 0.1) is 24.3 Å². The van der Waals surface area contributed by atoms with Crippen molar-refractivity contribution in [3.05, 3.63) is 35.8 Å². The van der Waals surface area contributed by atoms with E-state index in [4.69, 9.17) is 4.74 Å². The zero-order chi connectivity index (χ0) is 14.3. The van der Waals surface area contributed by atoms with Crippen molar-refractivity contribution in [3.63, 3.8) is 0 Å². The van der Waals surface area contributed by atoms with Gasteiger partial charge in [0.15, 0.2) is 15.5 Å². The zero-order valence-electron chi connectivity index (χ0n) is 10.9. The van der Waals surface area contributed by atoms with Gasteiger partial charge >= 0.3 is 5.97 Å². The molecule has 20 heavy (non-hydrogen) atoms. The minimum absolute atomic E-state index is 0.0922. The van der Waals surface area contributed by atoms with Crippen LogP contribution in [0.3, 0.4) is 0 Å². The quantitative estimate of drug-likeness (QED) is 0.773.